The minimum Gasteiger partial charge on any atom is -0.394 e. The number of nitrogens with two attached hydrogens (primary N) is 1. The van der Waals surface area contributed by atoms with Gasteiger partial charge in [-0.15, -0.1) is 0 Å². The Morgan fingerprint density at radius 3 is 2.63 bits per heavy atom. The van der Waals surface area contributed by atoms with E-state index in [9.17, 15) is 27.9 Å². The fourth-order valence-corrected chi connectivity index (χ4v) is 5.05. The lowest BCUT2D eigenvalue weighted by atomic mass is 10.1. The fourth-order valence-electron chi connectivity index (χ4n) is 5.05. The Morgan fingerprint density at radius 1 is 1.14 bits per heavy atom. The van der Waals surface area contributed by atoms with Gasteiger partial charge in [-0.3, -0.25) is 14.0 Å². The predicted molar refractivity (Wildman–Crippen MR) is 144 cm³/mol. The van der Waals surface area contributed by atoms with Crippen molar-refractivity contribution in [2.45, 2.75) is 31.2 Å². The average Bonchev–Trinajstić information content (AvgIpc) is 3.76. The van der Waals surface area contributed by atoms with Crippen LogP contribution in [0.3, 0.4) is 0 Å². The third-order valence-electron chi connectivity index (χ3n) is 7.43. The highest BCUT2D eigenvalue weighted by Gasteiger charge is 2.41. The van der Waals surface area contributed by atoms with Gasteiger partial charge in [-0.05, 0) is 43.2 Å². The number of benzene rings is 1. The molecule has 0 unspecified atom stereocenters. The number of nitrogens with one attached hydrogen (secondary N) is 1. The monoisotopic (exact) mass is 599 g/mol. The number of rotatable bonds is 6. The molecule has 4 aromatic rings. The van der Waals surface area contributed by atoms with Gasteiger partial charge in [-0.1, -0.05) is 0 Å². The summed E-state index contributed by atoms with van der Waals surface area (Å²) in [5, 5.41) is 12.1. The zero-order chi connectivity index (χ0) is 30.5. The minimum atomic E-state index is -4.63. The number of carbonyl (C=O) groups excluding carboxylic acids is 2. The average molecular weight is 600 g/mol. The van der Waals surface area contributed by atoms with Gasteiger partial charge in [-0.25, -0.2) is 19.3 Å². The van der Waals surface area contributed by atoms with E-state index in [1.165, 1.54) is 18.3 Å². The number of amides is 2. The van der Waals surface area contributed by atoms with E-state index < -0.39 is 35.6 Å². The molecule has 0 radical (unpaired) electrons. The lowest BCUT2D eigenvalue weighted by Gasteiger charge is -2.38. The molecular formula is C28H25F4N7O4. The van der Waals surface area contributed by atoms with E-state index >= 15 is 4.39 Å². The summed E-state index contributed by atoms with van der Waals surface area (Å²) in [6.45, 7) is -0.0690. The zero-order valence-corrected chi connectivity index (χ0v) is 22.4. The van der Waals surface area contributed by atoms with E-state index in [2.05, 4.69) is 20.3 Å². The maximum Gasteiger partial charge on any atom is 0.416 e. The second kappa shape index (κ2) is 10.9. The van der Waals surface area contributed by atoms with Crippen LogP contribution < -0.4 is 11.1 Å². The number of aliphatic hydroxyl groups excluding tert-OH is 1. The summed E-state index contributed by atoms with van der Waals surface area (Å²) in [6.07, 6.45) is 0.157. The van der Waals surface area contributed by atoms with Crippen LogP contribution in [0.4, 0.5) is 29.2 Å². The Hall–Kier alpha value is -4.63. The van der Waals surface area contributed by atoms with Crippen molar-refractivity contribution in [3.63, 3.8) is 0 Å². The third kappa shape index (κ3) is 5.48. The zero-order valence-electron chi connectivity index (χ0n) is 22.4. The number of hydrogen-bond donors (Lipinski definition) is 3. The van der Waals surface area contributed by atoms with E-state index in [0.717, 1.165) is 31.2 Å². The summed E-state index contributed by atoms with van der Waals surface area (Å²) in [5.41, 5.74) is 5.37. The molecule has 11 nitrogen and oxygen atoms in total. The number of nitrogens with zero attached hydrogens (tertiary/aromatic N) is 5. The van der Waals surface area contributed by atoms with Crippen molar-refractivity contribution in [2.24, 2.45) is 5.92 Å². The van der Waals surface area contributed by atoms with Gasteiger partial charge in [0, 0.05) is 35.6 Å². The first-order valence-electron chi connectivity index (χ1n) is 13.3. The van der Waals surface area contributed by atoms with Gasteiger partial charge >= 0.3 is 6.18 Å². The van der Waals surface area contributed by atoms with E-state index in [1.807, 2.05) is 0 Å². The number of pyridine rings is 1. The quantitative estimate of drug-likeness (QED) is 0.286. The number of halogens is 4. The van der Waals surface area contributed by atoms with Crippen LogP contribution in [0.5, 0.6) is 0 Å². The maximum absolute atomic E-state index is 15.6. The highest BCUT2D eigenvalue weighted by Crippen LogP contribution is 2.37. The van der Waals surface area contributed by atoms with Crippen molar-refractivity contribution in [1.29, 1.82) is 0 Å². The molecule has 1 aliphatic heterocycles. The molecule has 1 aromatic carbocycles. The first-order valence-corrected chi connectivity index (χ1v) is 13.3. The number of morpholine rings is 1. The molecule has 1 aliphatic carbocycles. The lowest BCUT2D eigenvalue weighted by molar-refractivity contribution is -0.149. The van der Waals surface area contributed by atoms with Gasteiger partial charge in [0.25, 0.3) is 5.91 Å². The number of ether oxygens (including phenoxy) is 1. The number of fused-ring (bicyclic) bond motifs is 1. The summed E-state index contributed by atoms with van der Waals surface area (Å²) >= 11 is 0. The van der Waals surface area contributed by atoms with Gasteiger partial charge in [-0.2, -0.15) is 13.2 Å². The van der Waals surface area contributed by atoms with Gasteiger partial charge in [0.1, 0.15) is 40.6 Å². The van der Waals surface area contributed by atoms with Crippen LogP contribution in [0.25, 0.3) is 16.8 Å². The van der Waals surface area contributed by atoms with Crippen molar-refractivity contribution < 1.29 is 37.0 Å². The maximum atomic E-state index is 15.6. The number of anilines is 2. The first-order chi connectivity index (χ1) is 20.5. The summed E-state index contributed by atoms with van der Waals surface area (Å²) in [4.78, 5) is 39.7. The SMILES string of the molecule is Nc1nccn2c([C@H]3CN(C(=O)C4CC4)[C@H](CO)CO3)nc(-c3ccc(C(=O)Nc4cc(C(F)(F)F)ccn4)cc3F)c12. The number of alkyl halides is 3. The molecule has 2 aliphatic rings. The summed E-state index contributed by atoms with van der Waals surface area (Å²) in [7, 11) is 0. The molecule has 1 saturated heterocycles. The Balaban J connectivity index is 1.31. The Labute approximate surface area is 241 Å². The van der Waals surface area contributed by atoms with Crippen molar-refractivity contribution in [2.75, 3.05) is 30.8 Å². The van der Waals surface area contributed by atoms with Crippen LogP contribution >= 0.6 is 0 Å². The number of nitrogen functional groups attached to an aromatic ring is 1. The molecule has 1 saturated carbocycles. The molecule has 4 heterocycles. The first kappa shape index (κ1) is 28.5. The van der Waals surface area contributed by atoms with Crippen LogP contribution in [0, 0.1) is 11.7 Å². The lowest BCUT2D eigenvalue weighted by Crippen LogP contribution is -2.52. The number of imidazole rings is 1. The van der Waals surface area contributed by atoms with Crippen molar-refractivity contribution in [3.05, 3.63) is 71.7 Å². The molecule has 2 atom stereocenters. The number of aliphatic hydroxyl groups is 1. The molecule has 224 valence electrons. The smallest absolute Gasteiger partial charge is 0.394 e. The summed E-state index contributed by atoms with van der Waals surface area (Å²) in [6, 6.07) is 4.46. The Bertz CT molecular complexity index is 1720. The van der Waals surface area contributed by atoms with Gasteiger partial charge in [0.15, 0.2) is 0 Å². The molecule has 15 heteroatoms. The number of hydrogen-bond acceptors (Lipinski definition) is 8. The molecule has 43 heavy (non-hydrogen) atoms. The van der Waals surface area contributed by atoms with E-state index in [-0.39, 0.29) is 65.6 Å². The molecule has 0 spiro atoms. The van der Waals surface area contributed by atoms with Crippen LogP contribution in [0.15, 0.2) is 48.9 Å². The highest BCUT2D eigenvalue weighted by molar-refractivity contribution is 6.04. The Kier molecular flexibility index (Phi) is 7.22. The van der Waals surface area contributed by atoms with Crippen LogP contribution in [0.1, 0.15) is 40.7 Å². The summed E-state index contributed by atoms with van der Waals surface area (Å²) < 4.78 is 62.2. The van der Waals surface area contributed by atoms with Crippen LogP contribution in [-0.4, -0.2) is 67.0 Å². The molecule has 3 aromatic heterocycles. The standard InChI is InChI=1S/C28H25F4N7O4/c29-19-9-15(26(41)36-21-10-16(5-6-34-21)28(30,31)32)3-4-18(19)22-23-24(33)35-7-8-38(23)25(37-22)20-11-39(17(12-40)13-43-20)27(42)14-1-2-14/h3-10,14,17,20,40H,1-2,11-13H2,(H2,33,35)(H,34,36,41)/t17-,20-/m1/s1. The van der Waals surface area contributed by atoms with Crippen molar-refractivity contribution in [1.82, 2.24) is 24.3 Å². The van der Waals surface area contributed by atoms with Gasteiger partial charge in [0.2, 0.25) is 5.91 Å². The molecule has 2 fully saturated rings. The molecule has 6 rings (SSSR count). The van der Waals surface area contributed by atoms with Crippen LogP contribution in [0.2, 0.25) is 0 Å². The van der Waals surface area contributed by atoms with Gasteiger partial charge in [0.05, 0.1) is 31.4 Å². The Morgan fingerprint density at radius 2 is 1.93 bits per heavy atom. The second-order valence-electron chi connectivity index (χ2n) is 10.3. The normalized spacial score (nSPS) is 19.0. The largest absolute Gasteiger partial charge is 0.416 e. The van der Waals surface area contributed by atoms with E-state index in [4.69, 9.17) is 10.5 Å². The fraction of sp³-hybridized carbons (Fsp3) is 0.321. The van der Waals surface area contributed by atoms with E-state index in [1.54, 1.807) is 15.5 Å². The van der Waals surface area contributed by atoms with Gasteiger partial charge < -0.3 is 25.8 Å². The summed E-state index contributed by atoms with van der Waals surface area (Å²) in [5.74, 6) is -1.83. The van der Waals surface area contributed by atoms with E-state index in [0.29, 0.717) is 11.9 Å². The topological polar surface area (TPSA) is 148 Å². The van der Waals surface area contributed by atoms with Crippen molar-refractivity contribution in [3.8, 4) is 11.3 Å². The predicted octanol–water partition coefficient (Wildman–Crippen LogP) is 3.45. The third-order valence-corrected chi connectivity index (χ3v) is 7.43. The number of aromatic nitrogens is 4. The molecule has 2 amide bonds. The highest BCUT2D eigenvalue weighted by atomic mass is 19.4. The molecular weight excluding hydrogens is 574 g/mol. The van der Waals surface area contributed by atoms with Crippen LogP contribution in [-0.2, 0) is 15.7 Å². The van der Waals surface area contributed by atoms with Crippen molar-refractivity contribution >= 4 is 29.0 Å². The number of carbonyl (C=O) groups is 2. The minimum absolute atomic E-state index is 0.0212. The molecule has 4 N–H and O–H groups in total. The second-order valence-corrected chi connectivity index (χ2v) is 10.3. The molecule has 0 bridgehead atoms.